The van der Waals surface area contributed by atoms with E-state index in [1.165, 1.54) is 36.9 Å². The van der Waals surface area contributed by atoms with E-state index in [1.807, 2.05) is 6.20 Å². The van der Waals surface area contributed by atoms with Crippen molar-refractivity contribution in [2.45, 2.75) is 32.4 Å². The maximum absolute atomic E-state index is 5.50. The first-order valence-corrected chi connectivity index (χ1v) is 9.68. The predicted octanol–water partition coefficient (Wildman–Crippen LogP) is 3.17. The van der Waals surface area contributed by atoms with Crippen molar-refractivity contribution >= 4 is 10.9 Å². The van der Waals surface area contributed by atoms with Crippen LogP contribution < -0.4 is 0 Å². The van der Waals surface area contributed by atoms with Gasteiger partial charge in [-0.25, -0.2) is 0 Å². The number of aromatic nitrogens is 1. The second-order valence-corrected chi connectivity index (χ2v) is 7.49. The molecule has 4 rings (SSSR count). The van der Waals surface area contributed by atoms with Crippen LogP contribution in [0.5, 0.6) is 0 Å². The van der Waals surface area contributed by atoms with Crippen molar-refractivity contribution in [1.29, 1.82) is 0 Å². The lowest BCUT2D eigenvalue weighted by Crippen LogP contribution is -2.48. The molecule has 2 aromatic rings. The van der Waals surface area contributed by atoms with Crippen molar-refractivity contribution < 1.29 is 4.74 Å². The van der Waals surface area contributed by atoms with Gasteiger partial charge in [0.2, 0.25) is 0 Å². The molecule has 2 saturated heterocycles. The van der Waals surface area contributed by atoms with Gasteiger partial charge in [-0.15, -0.1) is 0 Å². The van der Waals surface area contributed by atoms with Crippen LogP contribution in [0, 0.1) is 5.92 Å². The lowest BCUT2D eigenvalue weighted by molar-refractivity contribution is -0.00190. The Morgan fingerprint density at radius 2 is 1.84 bits per heavy atom. The SMILES string of the molecule is C[C@@H](C1CCN(Cc2ccnc3ccccc23)CC1)N1CCOCC1. The summed E-state index contributed by atoms with van der Waals surface area (Å²) < 4.78 is 5.50. The summed E-state index contributed by atoms with van der Waals surface area (Å²) in [6, 6.07) is 11.4. The van der Waals surface area contributed by atoms with E-state index in [0.717, 1.165) is 44.3 Å². The van der Waals surface area contributed by atoms with Crippen LogP contribution in [0.3, 0.4) is 0 Å². The molecule has 4 heteroatoms. The Hall–Kier alpha value is -1.49. The minimum absolute atomic E-state index is 0.688. The zero-order valence-corrected chi connectivity index (χ0v) is 15.2. The van der Waals surface area contributed by atoms with Gasteiger partial charge < -0.3 is 4.74 Å². The Labute approximate surface area is 150 Å². The maximum Gasteiger partial charge on any atom is 0.0705 e. The van der Waals surface area contributed by atoms with E-state index in [1.54, 1.807) is 0 Å². The Morgan fingerprint density at radius 3 is 2.64 bits per heavy atom. The molecule has 1 aromatic heterocycles. The molecule has 2 aliphatic rings. The molecule has 2 fully saturated rings. The van der Waals surface area contributed by atoms with E-state index < -0.39 is 0 Å². The molecule has 0 bridgehead atoms. The van der Waals surface area contributed by atoms with Gasteiger partial charge in [-0.05, 0) is 56.5 Å². The molecule has 0 N–H and O–H groups in total. The van der Waals surface area contributed by atoms with Gasteiger partial charge in [0, 0.05) is 37.3 Å². The third-order valence-electron chi connectivity index (χ3n) is 6.07. The van der Waals surface area contributed by atoms with E-state index in [2.05, 4.69) is 52.0 Å². The average molecular weight is 339 g/mol. The maximum atomic E-state index is 5.50. The molecule has 0 unspecified atom stereocenters. The van der Waals surface area contributed by atoms with Crippen LogP contribution in [0.15, 0.2) is 36.5 Å². The van der Waals surface area contributed by atoms with Gasteiger partial charge in [0.25, 0.3) is 0 Å². The van der Waals surface area contributed by atoms with Crippen molar-refractivity contribution in [3.63, 3.8) is 0 Å². The molecule has 1 atom stereocenters. The lowest BCUT2D eigenvalue weighted by Gasteiger charge is -2.41. The van der Waals surface area contributed by atoms with Gasteiger partial charge in [-0.1, -0.05) is 18.2 Å². The van der Waals surface area contributed by atoms with Gasteiger partial charge in [-0.2, -0.15) is 0 Å². The van der Waals surface area contributed by atoms with Crippen molar-refractivity contribution in [2.24, 2.45) is 5.92 Å². The quantitative estimate of drug-likeness (QED) is 0.855. The Bertz CT molecular complexity index is 685. The number of benzene rings is 1. The highest BCUT2D eigenvalue weighted by atomic mass is 16.5. The van der Waals surface area contributed by atoms with Crippen LogP contribution in [0.1, 0.15) is 25.3 Å². The van der Waals surface area contributed by atoms with Crippen molar-refractivity contribution in [1.82, 2.24) is 14.8 Å². The second-order valence-electron chi connectivity index (χ2n) is 7.49. The number of hydrogen-bond acceptors (Lipinski definition) is 4. The summed E-state index contributed by atoms with van der Waals surface area (Å²) in [5, 5.41) is 1.30. The Kier molecular flexibility index (Phi) is 5.30. The first-order chi connectivity index (χ1) is 12.3. The zero-order chi connectivity index (χ0) is 17.1. The molecule has 25 heavy (non-hydrogen) atoms. The number of likely N-dealkylation sites (tertiary alicyclic amines) is 1. The van der Waals surface area contributed by atoms with Gasteiger partial charge in [0.15, 0.2) is 0 Å². The predicted molar refractivity (Wildman–Crippen MR) is 102 cm³/mol. The van der Waals surface area contributed by atoms with Gasteiger partial charge in [0.05, 0.1) is 18.7 Å². The monoisotopic (exact) mass is 339 g/mol. The number of fused-ring (bicyclic) bond motifs is 1. The Morgan fingerprint density at radius 1 is 1.08 bits per heavy atom. The summed E-state index contributed by atoms with van der Waals surface area (Å²) in [4.78, 5) is 9.73. The highest BCUT2D eigenvalue weighted by Gasteiger charge is 2.28. The summed E-state index contributed by atoms with van der Waals surface area (Å²) in [6.07, 6.45) is 4.56. The fourth-order valence-corrected chi connectivity index (χ4v) is 4.41. The number of morpholine rings is 1. The molecule has 3 heterocycles. The highest BCUT2D eigenvalue weighted by Crippen LogP contribution is 2.26. The summed E-state index contributed by atoms with van der Waals surface area (Å²) in [5.74, 6) is 0.823. The fourth-order valence-electron chi connectivity index (χ4n) is 4.41. The van der Waals surface area contributed by atoms with E-state index in [0.29, 0.717) is 6.04 Å². The van der Waals surface area contributed by atoms with E-state index in [9.17, 15) is 0 Å². The van der Waals surface area contributed by atoms with E-state index in [4.69, 9.17) is 4.74 Å². The summed E-state index contributed by atoms with van der Waals surface area (Å²) in [6.45, 7) is 9.88. The minimum Gasteiger partial charge on any atom is -0.379 e. The number of hydrogen-bond donors (Lipinski definition) is 0. The normalized spacial score (nSPS) is 22.3. The molecule has 0 spiro atoms. The van der Waals surface area contributed by atoms with Gasteiger partial charge >= 0.3 is 0 Å². The average Bonchev–Trinajstić information content (AvgIpc) is 2.69. The Balaban J connectivity index is 1.35. The van der Waals surface area contributed by atoms with E-state index in [-0.39, 0.29) is 0 Å². The molecule has 0 saturated carbocycles. The van der Waals surface area contributed by atoms with Gasteiger partial charge in [0.1, 0.15) is 0 Å². The third-order valence-corrected chi connectivity index (χ3v) is 6.07. The summed E-state index contributed by atoms with van der Waals surface area (Å²) in [5.41, 5.74) is 2.51. The van der Waals surface area contributed by atoms with E-state index >= 15 is 0 Å². The van der Waals surface area contributed by atoms with Crippen LogP contribution in [-0.4, -0.2) is 60.2 Å². The smallest absolute Gasteiger partial charge is 0.0705 e. The largest absolute Gasteiger partial charge is 0.379 e. The topological polar surface area (TPSA) is 28.6 Å². The molecule has 2 aliphatic heterocycles. The molecular formula is C21H29N3O. The van der Waals surface area contributed by atoms with Gasteiger partial charge in [-0.3, -0.25) is 14.8 Å². The van der Waals surface area contributed by atoms with Crippen LogP contribution in [0.4, 0.5) is 0 Å². The lowest BCUT2D eigenvalue weighted by atomic mass is 9.89. The van der Waals surface area contributed by atoms with Crippen LogP contribution in [0.25, 0.3) is 10.9 Å². The zero-order valence-electron chi connectivity index (χ0n) is 15.2. The van der Waals surface area contributed by atoms with Crippen molar-refractivity contribution in [3.8, 4) is 0 Å². The number of rotatable bonds is 4. The van der Waals surface area contributed by atoms with Crippen LogP contribution in [-0.2, 0) is 11.3 Å². The third kappa shape index (κ3) is 3.86. The minimum atomic E-state index is 0.688. The number of ether oxygens (including phenoxy) is 1. The first kappa shape index (κ1) is 17.0. The number of nitrogens with zero attached hydrogens (tertiary/aromatic N) is 3. The highest BCUT2D eigenvalue weighted by molar-refractivity contribution is 5.81. The number of pyridine rings is 1. The molecule has 0 amide bonds. The molecule has 1 aromatic carbocycles. The fraction of sp³-hybridized carbons (Fsp3) is 0.571. The second kappa shape index (κ2) is 7.81. The number of piperidine rings is 1. The van der Waals surface area contributed by atoms with Crippen molar-refractivity contribution in [3.05, 3.63) is 42.1 Å². The standard InChI is InChI=1S/C21H29N3O/c1-17(24-12-14-25-15-13-24)18-7-10-23(11-8-18)16-19-6-9-22-21-5-3-2-4-20(19)21/h2-6,9,17-18H,7-8,10-16H2,1H3/t17-/m0/s1. The first-order valence-electron chi connectivity index (χ1n) is 9.68. The molecule has 134 valence electrons. The molecule has 4 nitrogen and oxygen atoms in total. The molecular weight excluding hydrogens is 310 g/mol. The van der Waals surface area contributed by atoms with Crippen LogP contribution >= 0.6 is 0 Å². The molecule has 0 aliphatic carbocycles. The van der Waals surface area contributed by atoms with Crippen molar-refractivity contribution in [2.75, 3.05) is 39.4 Å². The molecule has 0 radical (unpaired) electrons. The summed E-state index contributed by atoms with van der Waals surface area (Å²) >= 11 is 0. The summed E-state index contributed by atoms with van der Waals surface area (Å²) in [7, 11) is 0. The number of para-hydroxylation sites is 1. The van der Waals surface area contributed by atoms with Crippen LogP contribution in [0.2, 0.25) is 0 Å².